The van der Waals surface area contributed by atoms with Gasteiger partial charge in [-0.15, -0.1) is 0 Å². The minimum atomic E-state index is -1.66. The SMILES string of the molecule is O=CC1CCCN(C(=O)c2ccc(F)c(F)c2F)C1. The van der Waals surface area contributed by atoms with Gasteiger partial charge in [0.2, 0.25) is 0 Å². The molecule has 1 heterocycles. The lowest BCUT2D eigenvalue weighted by Gasteiger charge is -2.30. The molecule has 1 aromatic rings. The van der Waals surface area contributed by atoms with E-state index in [-0.39, 0.29) is 12.5 Å². The highest BCUT2D eigenvalue weighted by Gasteiger charge is 2.27. The van der Waals surface area contributed by atoms with Crippen LogP contribution in [-0.2, 0) is 4.79 Å². The molecule has 2 rings (SSSR count). The molecule has 0 aromatic heterocycles. The normalized spacial score (nSPS) is 19.3. The molecule has 0 bridgehead atoms. The van der Waals surface area contributed by atoms with Gasteiger partial charge in [0.25, 0.3) is 5.91 Å². The van der Waals surface area contributed by atoms with Crippen LogP contribution >= 0.6 is 0 Å². The second-order valence-corrected chi connectivity index (χ2v) is 4.51. The van der Waals surface area contributed by atoms with Gasteiger partial charge >= 0.3 is 0 Å². The third-order valence-electron chi connectivity index (χ3n) is 3.20. The standard InChI is InChI=1S/C13H12F3NO2/c14-10-4-3-9(11(15)12(10)16)13(19)17-5-1-2-8(6-17)7-18/h3-4,7-8H,1-2,5-6H2. The van der Waals surface area contributed by atoms with Crippen LogP contribution < -0.4 is 0 Å². The van der Waals surface area contributed by atoms with Crippen molar-refractivity contribution in [3.63, 3.8) is 0 Å². The highest BCUT2D eigenvalue weighted by Crippen LogP contribution is 2.20. The van der Waals surface area contributed by atoms with Gasteiger partial charge in [0.1, 0.15) is 6.29 Å². The lowest BCUT2D eigenvalue weighted by molar-refractivity contribution is -0.112. The fourth-order valence-corrected chi connectivity index (χ4v) is 2.17. The largest absolute Gasteiger partial charge is 0.338 e. The van der Waals surface area contributed by atoms with Crippen LogP contribution in [0.5, 0.6) is 0 Å². The van der Waals surface area contributed by atoms with E-state index in [1.54, 1.807) is 0 Å². The Morgan fingerprint density at radius 3 is 2.68 bits per heavy atom. The number of carbonyl (C=O) groups is 2. The van der Waals surface area contributed by atoms with Crippen molar-refractivity contribution in [2.75, 3.05) is 13.1 Å². The monoisotopic (exact) mass is 271 g/mol. The predicted molar refractivity (Wildman–Crippen MR) is 61.0 cm³/mol. The fraction of sp³-hybridized carbons (Fsp3) is 0.385. The number of benzene rings is 1. The molecule has 0 saturated carbocycles. The zero-order chi connectivity index (χ0) is 14.0. The number of likely N-dealkylation sites (tertiary alicyclic amines) is 1. The van der Waals surface area contributed by atoms with Gasteiger partial charge in [0.15, 0.2) is 17.5 Å². The number of rotatable bonds is 2. The van der Waals surface area contributed by atoms with E-state index in [4.69, 9.17) is 0 Å². The summed E-state index contributed by atoms with van der Waals surface area (Å²) in [5, 5.41) is 0. The summed E-state index contributed by atoms with van der Waals surface area (Å²) in [5.74, 6) is -5.49. The van der Waals surface area contributed by atoms with Crippen LogP contribution in [0, 0.1) is 23.4 Å². The number of halogens is 3. The van der Waals surface area contributed by atoms with Crippen LogP contribution in [0.2, 0.25) is 0 Å². The first kappa shape index (κ1) is 13.6. The number of carbonyl (C=O) groups excluding carboxylic acids is 2. The van der Waals surface area contributed by atoms with Crippen LogP contribution in [0.25, 0.3) is 0 Å². The number of aldehydes is 1. The lowest BCUT2D eigenvalue weighted by atomic mass is 9.99. The highest BCUT2D eigenvalue weighted by atomic mass is 19.2. The summed E-state index contributed by atoms with van der Waals surface area (Å²) >= 11 is 0. The lowest BCUT2D eigenvalue weighted by Crippen LogP contribution is -2.40. The Bertz CT molecular complexity index is 519. The summed E-state index contributed by atoms with van der Waals surface area (Å²) < 4.78 is 39.4. The van der Waals surface area contributed by atoms with Gasteiger partial charge in [-0.05, 0) is 25.0 Å². The van der Waals surface area contributed by atoms with Crippen molar-refractivity contribution in [1.82, 2.24) is 4.90 Å². The average Bonchev–Trinajstić information content (AvgIpc) is 2.44. The van der Waals surface area contributed by atoms with Crippen LogP contribution in [0.4, 0.5) is 13.2 Å². The smallest absolute Gasteiger partial charge is 0.256 e. The topological polar surface area (TPSA) is 37.4 Å². The minimum Gasteiger partial charge on any atom is -0.338 e. The molecule has 0 aliphatic carbocycles. The molecule has 19 heavy (non-hydrogen) atoms. The van der Waals surface area contributed by atoms with E-state index in [0.29, 0.717) is 25.5 Å². The molecule has 1 saturated heterocycles. The Balaban J connectivity index is 2.24. The molecule has 3 nitrogen and oxygen atoms in total. The number of piperidine rings is 1. The van der Waals surface area contributed by atoms with E-state index in [9.17, 15) is 22.8 Å². The predicted octanol–water partition coefficient (Wildman–Crippen LogP) is 2.16. The molecule has 1 amide bonds. The zero-order valence-electron chi connectivity index (χ0n) is 10.0. The summed E-state index contributed by atoms with van der Waals surface area (Å²) in [7, 11) is 0. The Morgan fingerprint density at radius 2 is 2.00 bits per heavy atom. The summed E-state index contributed by atoms with van der Waals surface area (Å²) in [6.07, 6.45) is 2.05. The molecule has 0 spiro atoms. The first-order valence-electron chi connectivity index (χ1n) is 5.92. The molecule has 1 unspecified atom stereocenters. The van der Waals surface area contributed by atoms with Gasteiger partial charge in [-0.3, -0.25) is 4.79 Å². The van der Waals surface area contributed by atoms with E-state index in [0.717, 1.165) is 12.4 Å². The summed E-state index contributed by atoms with van der Waals surface area (Å²) in [5.41, 5.74) is -0.509. The van der Waals surface area contributed by atoms with E-state index < -0.39 is 28.9 Å². The number of nitrogens with zero attached hydrogens (tertiary/aromatic N) is 1. The van der Waals surface area contributed by atoms with Crippen molar-refractivity contribution in [2.24, 2.45) is 5.92 Å². The van der Waals surface area contributed by atoms with E-state index in [1.165, 1.54) is 4.90 Å². The van der Waals surface area contributed by atoms with Gasteiger partial charge in [-0.25, -0.2) is 13.2 Å². The molecule has 1 fully saturated rings. The quantitative estimate of drug-likeness (QED) is 0.610. The van der Waals surface area contributed by atoms with Crippen molar-refractivity contribution in [1.29, 1.82) is 0 Å². The molecule has 6 heteroatoms. The fourth-order valence-electron chi connectivity index (χ4n) is 2.17. The van der Waals surface area contributed by atoms with Crippen LogP contribution in [0.3, 0.4) is 0 Å². The van der Waals surface area contributed by atoms with Crippen LogP contribution in [0.15, 0.2) is 12.1 Å². The van der Waals surface area contributed by atoms with Crippen molar-refractivity contribution in [2.45, 2.75) is 12.8 Å². The summed E-state index contributed by atoms with van der Waals surface area (Å²) in [6, 6.07) is 1.63. The molecule has 1 aliphatic rings. The number of amides is 1. The van der Waals surface area contributed by atoms with Gasteiger partial charge < -0.3 is 9.69 Å². The molecule has 0 radical (unpaired) electrons. The Hall–Kier alpha value is -1.85. The number of hydrogen-bond acceptors (Lipinski definition) is 2. The Morgan fingerprint density at radius 1 is 1.26 bits per heavy atom. The van der Waals surface area contributed by atoms with Gasteiger partial charge in [0, 0.05) is 19.0 Å². The second kappa shape index (κ2) is 5.42. The molecule has 0 N–H and O–H groups in total. The van der Waals surface area contributed by atoms with Gasteiger partial charge in [-0.2, -0.15) is 0 Å². The molecule has 102 valence electrons. The molecule has 1 atom stereocenters. The van der Waals surface area contributed by atoms with Gasteiger partial charge in [-0.1, -0.05) is 0 Å². The second-order valence-electron chi connectivity index (χ2n) is 4.51. The minimum absolute atomic E-state index is 0.181. The van der Waals surface area contributed by atoms with Crippen molar-refractivity contribution >= 4 is 12.2 Å². The average molecular weight is 271 g/mol. The van der Waals surface area contributed by atoms with Crippen molar-refractivity contribution in [3.8, 4) is 0 Å². The number of hydrogen-bond donors (Lipinski definition) is 0. The third kappa shape index (κ3) is 2.62. The van der Waals surface area contributed by atoms with Crippen molar-refractivity contribution in [3.05, 3.63) is 35.1 Å². The molecule has 1 aromatic carbocycles. The Labute approximate surface area is 108 Å². The molecule has 1 aliphatic heterocycles. The van der Waals surface area contributed by atoms with E-state index in [1.807, 2.05) is 0 Å². The summed E-state index contributed by atoms with van der Waals surface area (Å²) in [6.45, 7) is 0.558. The van der Waals surface area contributed by atoms with E-state index in [2.05, 4.69) is 0 Å². The first-order valence-corrected chi connectivity index (χ1v) is 5.92. The van der Waals surface area contributed by atoms with Crippen LogP contribution in [0.1, 0.15) is 23.2 Å². The maximum Gasteiger partial charge on any atom is 0.256 e. The van der Waals surface area contributed by atoms with E-state index >= 15 is 0 Å². The highest BCUT2D eigenvalue weighted by molar-refractivity contribution is 5.94. The summed E-state index contributed by atoms with van der Waals surface area (Å²) in [4.78, 5) is 24.0. The van der Waals surface area contributed by atoms with Crippen molar-refractivity contribution < 1.29 is 22.8 Å². The maximum absolute atomic E-state index is 13.5. The first-order chi connectivity index (χ1) is 9.04. The van der Waals surface area contributed by atoms with Gasteiger partial charge in [0.05, 0.1) is 5.56 Å². The Kier molecular flexibility index (Phi) is 3.87. The zero-order valence-corrected chi connectivity index (χ0v) is 10.0. The maximum atomic E-state index is 13.5. The van der Waals surface area contributed by atoms with Crippen LogP contribution in [-0.4, -0.2) is 30.2 Å². The molecular weight excluding hydrogens is 259 g/mol. The molecular formula is C13H12F3NO2. The third-order valence-corrected chi connectivity index (χ3v) is 3.20.